The number of rotatable bonds is 3. The Morgan fingerprint density at radius 2 is 2.12 bits per heavy atom. The molecule has 4 rings (SSSR count). The fourth-order valence-corrected chi connectivity index (χ4v) is 6.61. The number of thiophene rings is 1. The van der Waals surface area contributed by atoms with E-state index in [0.717, 1.165) is 16.9 Å². The summed E-state index contributed by atoms with van der Waals surface area (Å²) < 4.78 is 27.7. The van der Waals surface area contributed by atoms with Crippen LogP contribution in [0, 0.1) is 6.92 Å². The Balaban J connectivity index is 1.85. The highest BCUT2D eigenvalue weighted by Crippen LogP contribution is 2.46. The topological polar surface area (TPSA) is 91.8 Å². The van der Waals surface area contributed by atoms with Crippen LogP contribution in [0.4, 0.5) is 5.69 Å². The fourth-order valence-electron chi connectivity index (χ4n) is 3.68. The van der Waals surface area contributed by atoms with Crippen molar-refractivity contribution in [1.82, 2.24) is 0 Å². The monoisotopic (exact) mass is 377 g/mol. The van der Waals surface area contributed by atoms with Gasteiger partial charge in [0, 0.05) is 29.3 Å². The SMILES string of the molecule is Cc1sc(C(=O)O)cc1S(=O)(=O)N1CC2CCC(=O)c3cccc1c32. The maximum atomic E-state index is 13.2. The molecule has 8 heteroatoms. The number of anilines is 1. The van der Waals surface area contributed by atoms with E-state index in [1.54, 1.807) is 25.1 Å². The molecule has 2 aliphatic rings. The Bertz CT molecular complexity index is 1020. The van der Waals surface area contributed by atoms with E-state index in [4.69, 9.17) is 5.11 Å². The first-order valence-electron chi connectivity index (χ1n) is 7.83. The molecule has 0 saturated heterocycles. The maximum absolute atomic E-state index is 13.2. The summed E-state index contributed by atoms with van der Waals surface area (Å²) in [5.74, 6) is -1.08. The van der Waals surface area contributed by atoms with Crippen LogP contribution in [0.25, 0.3) is 0 Å². The van der Waals surface area contributed by atoms with Gasteiger partial charge in [-0.2, -0.15) is 0 Å². The van der Waals surface area contributed by atoms with Crippen molar-refractivity contribution in [1.29, 1.82) is 0 Å². The lowest BCUT2D eigenvalue weighted by Gasteiger charge is -2.19. The van der Waals surface area contributed by atoms with Gasteiger partial charge in [0.2, 0.25) is 0 Å². The Kier molecular flexibility index (Phi) is 3.52. The molecule has 1 aliphatic heterocycles. The lowest BCUT2D eigenvalue weighted by atomic mass is 9.83. The number of hydrogen-bond donors (Lipinski definition) is 1. The highest BCUT2D eigenvalue weighted by Gasteiger charge is 2.41. The zero-order chi connectivity index (χ0) is 17.9. The van der Waals surface area contributed by atoms with E-state index in [0.29, 0.717) is 35.5 Å². The quantitative estimate of drug-likeness (QED) is 0.888. The second-order valence-corrected chi connectivity index (χ2v) is 9.36. The summed E-state index contributed by atoms with van der Waals surface area (Å²) in [6, 6.07) is 6.39. The van der Waals surface area contributed by atoms with Gasteiger partial charge >= 0.3 is 5.97 Å². The summed E-state index contributed by atoms with van der Waals surface area (Å²) in [5.41, 5.74) is 1.96. The summed E-state index contributed by atoms with van der Waals surface area (Å²) in [6.07, 6.45) is 1.06. The molecule has 2 heterocycles. The van der Waals surface area contributed by atoms with E-state index in [1.165, 1.54) is 10.4 Å². The number of carbonyl (C=O) groups excluding carboxylic acids is 1. The minimum absolute atomic E-state index is 0.000269. The van der Waals surface area contributed by atoms with Crippen molar-refractivity contribution < 1.29 is 23.1 Å². The van der Waals surface area contributed by atoms with E-state index >= 15 is 0 Å². The molecule has 2 aromatic rings. The van der Waals surface area contributed by atoms with Crippen LogP contribution in [-0.4, -0.2) is 31.8 Å². The van der Waals surface area contributed by atoms with Crippen LogP contribution < -0.4 is 4.31 Å². The van der Waals surface area contributed by atoms with Crippen LogP contribution in [0.3, 0.4) is 0 Å². The number of nitrogens with zero attached hydrogens (tertiary/aromatic N) is 1. The summed E-state index contributed by atoms with van der Waals surface area (Å²) >= 11 is 0.952. The summed E-state index contributed by atoms with van der Waals surface area (Å²) in [6.45, 7) is 1.90. The van der Waals surface area contributed by atoms with Gasteiger partial charge in [-0.25, -0.2) is 13.2 Å². The molecule has 1 aliphatic carbocycles. The predicted molar refractivity (Wildman–Crippen MR) is 93.3 cm³/mol. The second kappa shape index (κ2) is 5.40. The van der Waals surface area contributed by atoms with Crippen LogP contribution in [0.15, 0.2) is 29.2 Å². The number of hydrogen-bond acceptors (Lipinski definition) is 5. The van der Waals surface area contributed by atoms with Crippen molar-refractivity contribution in [2.45, 2.75) is 30.6 Å². The van der Waals surface area contributed by atoms with Crippen LogP contribution in [-0.2, 0) is 10.0 Å². The molecule has 0 spiro atoms. The Labute approximate surface area is 148 Å². The van der Waals surface area contributed by atoms with Crippen molar-refractivity contribution >= 4 is 38.8 Å². The van der Waals surface area contributed by atoms with E-state index in [-0.39, 0.29) is 21.5 Å². The van der Waals surface area contributed by atoms with Crippen molar-refractivity contribution in [3.63, 3.8) is 0 Å². The van der Waals surface area contributed by atoms with Crippen LogP contribution in [0.2, 0.25) is 0 Å². The van der Waals surface area contributed by atoms with E-state index in [9.17, 15) is 18.0 Å². The van der Waals surface area contributed by atoms with Crippen LogP contribution >= 0.6 is 11.3 Å². The highest BCUT2D eigenvalue weighted by molar-refractivity contribution is 7.93. The fraction of sp³-hybridized carbons (Fsp3) is 0.294. The van der Waals surface area contributed by atoms with Crippen molar-refractivity contribution in [3.8, 4) is 0 Å². The van der Waals surface area contributed by atoms with Gasteiger partial charge in [0.1, 0.15) is 9.77 Å². The number of Topliss-reactive ketones (excluding diaryl/α,β-unsaturated/α-hetero) is 1. The summed E-state index contributed by atoms with van der Waals surface area (Å²) in [7, 11) is -3.88. The third kappa shape index (κ3) is 2.31. The number of aryl methyl sites for hydroxylation is 1. The molecule has 1 aromatic carbocycles. The molecule has 1 N–H and O–H groups in total. The molecule has 0 saturated carbocycles. The molecule has 130 valence electrons. The Morgan fingerprint density at radius 3 is 2.80 bits per heavy atom. The van der Waals surface area contributed by atoms with Gasteiger partial charge in [0.05, 0.1) is 5.69 Å². The molecule has 1 atom stereocenters. The molecule has 6 nitrogen and oxygen atoms in total. The molecule has 0 amide bonds. The minimum atomic E-state index is -3.88. The summed E-state index contributed by atoms with van der Waals surface area (Å²) in [4.78, 5) is 23.8. The third-order valence-electron chi connectivity index (χ3n) is 4.82. The Morgan fingerprint density at radius 1 is 1.36 bits per heavy atom. The van der Waals surface area contributed by atoms with Gasteiger partial charge in [-0.1, -0.05) is 12.1 Å². The number of carboxylic acid groups (broad SMARTS) is 1. The predicted octanol–water partition coefficient (Wildman–Crippen LogP) is 3.02. The number of carbonyl (C=O) groups is 2. The molecule has 1 aromatic heterocycles. The highest BCUT2D eigenvalue weighted by atomic mass is 32.2. The maximum Gasteiger partial charge on any atom is 0.345 e. The second-order valence-electron chi connectivity index (χ2n) is 6.27. The standard InChI is InChI=1S/C17H15NO5S2/c1-9-15(7-14(24-9)17(20)21)25(22,23)18-8-10-5-6-13(19)11-3-2-4-12(18)16(10)11/h2-4,7,10H,5-6,8H2,1H3,(H,20,21). The molecule has 0 fully saturated rings. The van der Waals surface area contributed by atoms with Gasteiger partial charge in [-0.05, 0) is 31.0 Å². The smallest absolute Gasteiger partial charge is 0.345 e. The van der Waals surface area contributed by atoms with Crippen molar-refractivity contribution in [3.05, 3.63) is 45.1 Å². The largest absolute Gasteiger partial charge is 0.477 e. The zero-order valence-corrected chi connectivity index (χ0v) is 15.0. The molecule has 0 bridgehead atoms. The number of sulfonamides is 1. The molecule has 1 unspecified atom stereocenters. The number of carboxylic acids is 1. The molecular weight excluding hydrogens is 362 g/mol. The number of benzene rings is 1. The van der Waals surface area contributed by atoms with Gasteiger partial charge in [-0.3, -0.25) is 9.10 Å². The van der Waals surface area contributed by atoms with Crippen molar-refractivity contribution in [2.75, 3.05) is 10.8 Å². The van der Waals surface area contributed by atoms with Crippen molar-refractivity contribution in [2.24, 2.45) is 0 Å². The molecule has 25 heavy (non-hydrogen) atoms. The van der Waals surface area contributed by atoms with E-state index in [2.05, 4.69) is 0 Å². The normalized spacial score (nSPS) is 19.2. The van der Waals surface area contributed by atoms with Gasteiger partial charge < -0.3 is 5.11 Å². The van der Waals surface area contributed by atoms with Crippen LogP contribution in [0.5, 0.6) is 0 Å². The van der Waals surface area contributed by atoms with Gasteiger partial charge in [-0.15, -0.1) is 11.3 Å². The minimum Gasteiger partial charge on any atom is -0.477 e. The first-order chi connectivity index (χ1) is 11.8. The first-order valence-corrected chi connectivity index (χ1v) is 10.1. The van der Waals surface area contributed by atoms with Gasteiger partial charge in [0.25, 0.3) is 10.0 Å². The summed E-state index contributed by atoms with van der Waals surface area (Å²) in [5, 5.41) is 9.13. The lowest BCUT2D eigenvalue weighted by molar-refractivity contribution is 0.0701. The van der Waals surface area contributed by atoms with E-state index < -0.39 is 16.0 Å². The number of aromatic carboxylic acids is 1. The zero-order valence-electron chi connectivity index (χ0n) is 13.4. The lowest BCUT2D eigenvalue weighted by Crippen LogP contribution is -2.30. The first kappa shape index (κ1) is 16.3. The average molecular weight is 377 g/mol. The Hall–Kier alpha value is -2.19. The molecular formula is C17H15NO5S2. The van der Waals surface area contributed by atoms with E-state index in [1.807, 2.05) is 0 Å². The van der Waals surface area contributed by atoms with Crippen LogP contribution in [0.1, 0.15) is 49.2 Å². The van der Waals surface area contributed by atoms with Gasteiger partial charge in [0.15, 0.2) is 5.78 Å². The third-order valence-corrected chi connectivity index (χ3v) is 7.89. The molecule has 0 radical (unpaired) electrons. The average Bonchev–Trinajstić information content (AvgIpc) is 3.14. The number of ketones is 1.